The van der Waals surface area contributed by atoms with Gasteiger partial charge in [-0.3, -0.25) is 4.90 Å². The molecule has 3 aliphatic rings. The van der Waals surface area contributed by atoms with Crippen LogP contribution in [0.4, 0.5) is 0 Å². The molecule has 0 amide bonds. The molecule has 0 radical (unpaired) electrons. The van der Waals surface area contributed by atoms with Gasteiger partial charge in [0.25, 0.3) is 0 Å². The summed E-state index contributed by atoms with van der Waals surface area (Å²) in [4.78, 5) is 5.42. The van der Waals surface area contributed by atoms with Gasteiger partial charge in [-0.25, -0.2) is 0 Å². The lowest BCUT2D eigenvalue weighted by Gasteiger charge is -2.37. The monoisotopic (exact) mass is 236 g/mol. The van der Waals surface area contributed by atoms with Crippen LogP contribution in [0, 0.1) is 23.7 Å². The van der Waals surface area contributed by atoms with Gasteiger partial charge in [0.15, 0.2) is 0 Å². The summed E-state index contributed by atoms with van der Waals surface area (Å²) in [6.45, 7) is 13.9. The average Bonchev–Trinajstić information content (AvgIpc) is 2.86. The van der Waals surface area contributed by atoms with E-state index in [1.54, 1.807) is 0 Å². The number of piperidine rings is 2. The Hall–Kier alpha value is -0.0800. The summed E-state index contributed by atoms with van der Waals surface area (Å²) in [6.07, 6.45) is 2.83. The highest BCUT2D eigenvalue weighted by atomic mass is 15.2. The van der Waals surface area contributed by atoms with E-state index in [1.807, 2.05) is 0 Å². The molecule has 98 valence electrons. The molecule has 0 aromatic carbocycles. The van der Waals surface area contributed by atoms with Crippen molar-refractivity contribution in [3.8, 4) is 0 Å². The summed E-state index contributed by atoms with van der Waals surface area (Å²) in [6, 6.07) is 0.915. The molecule has 0 aromatic rings. The van der Waals surface area contributed by atoms with E-state index in [4.69, 9.17) is 0 Å². The highest BCUT2D eigenvalue weighted by Crippen LogP contribution is 2.56. The zero-order valence-corrected chi connectivity index (χ0v) is 11.7. The zero-order chi connectivity index (χ0) is 12.0. The predicted octanol–water partition coefficient (Wildman–Crippen LogP) is 2.30. The van der Waals surface area contributed by atoms with Gasteiger partial charge < -0.3 is 4.90 Å². The van der Waals surface area contributed by atoms with Gasteiger partial charge in [0.1, 0.15) is 0 Å². The number of fused-ring (bicyclic) bond motifs is 1. The first-order valence-electron chi connectivity index (χ1n) is 7.67. The predicted molar refractivity (Wildman–Crippen MR) is 72.0 cm³/mol. The van der Waals surface area contributed by atoms with E-state index < -0.39 is 0 Å². The Morgan fingerprint density at radius 2 is 1.65 bits per heavy atom. The molecular weight excluding hydrogens is 208 g/mol. The summed E-state index contributed by atoms with van der Waals surface area (Å²) >= 11 is 0. The molecule has 2 heterocycles. The summed E-state index contributed by atoms with van der Waals surface area (Å²) in [5.74, 6) is 4.13. The van der Waals surface area contributed by atoms with Crippen LogP contribution in [0.15, 0.2) is 0 Å². The third-order valence-corrected chi connectivity index (χ3v) is 5.58. The first kappa shape index (κ1) is 12.0. The van der Waals surface area contributed by atoms with Crippen molar-refractivity contribution >= 4 is 0 Å². The number of nitrogens with zero attached hydrogens (tertiary/aromatic N) is 2. The minimum Gasteiger partial charge on any atom is -0.303 e. The molecule has 0 spiro atoms. The lowest BCUT2D eigenvalue weighted by atomic mass is 10.0. The smallest absolute Gasteiger partial charge is 0.0120 e. The topological polar surface area (TPSA) is 6.48 Å². The molecule has 1 saturated carbocycles. The van der Waals surface area contributed by atoms with E-state index in [0.29, 0.717) is 0 Å². The van der Waals surface area contributed by atoms with Gasteiger partial charge in [-0.05, 0) is 56.1 Å². The van der Waals surface area contributed by atoms with Crippen molar-refractivity contribution in [3.63, 3.8) is 0 Å². The summed E-state index contributed by atoms with van der Waals surface area (Å²) in [5.41, 5.74) is 0. The van der Waals surface area contributed by atoms with Crippen LogP contribution in [-0.4, -0.2) is 48.6 Å². The molecule has 3 rings (SSSR count). The van der Waals surface area contributed by atoms with Crippen molar-refractivity contribution in [2.24, 2.45) is 23.7 Å². The van der Waals surface area contributed by atoms with E-state index in [9.17, 15) is 0 Å². The highest BCUT2D eigenvalue weighted by Gasteiger charge is 2.57. The molecular formula is C15H28N2. The van der Waals surface area contributed by atoms with Crippen LogP contribution in [0.25, 0.3) is 0 Å². The molecule has 2 saturated heterocycles. The van der Waals surface area contributed by atoms with Crippen molar-refractivity contribution in [2.45, 2.75) is 39.7 Å². The fourth-order valence-corrected chi connectivity index (χ4v) is 4.49. The van der Waals surface area contributed by atoms with Gasteiger partial charge in [0.05, 0.1) is 0 Å². The second-order valence-electron chi connectivity index (χ2n) is 6.77. The van der Waals surface area contributed by atoms with Crippen molar-refractivity contribution in [1.29, 1.82) is 0 Å². The SMILES string of the molecule is CCN1CCC(N2CC3C(C2)C3C(C)C)CC1. The fourth-order valence-electron chi connectivity index (χ4n) is 4.49. The lowest BCUT2D eigenvalue weighted by Crippen LogP contribution is -2.45. The number of hydrogen-bond acceptors (Lipinski definition) is 2. The molecule has 17 heavy (non-hydrogen) atoms. The largest absolute Gasteiger partial charge is 0.303 e. The maximum atomic E-state index is 2.82. The van der Waals surface area contributed by atoms with E-state index in [0.717, 1.165) is 29.7 Å². The van der Waals surface area contributed by atoms with Crippen LogP contribution in [0.3, 0.4) is 0 Å². The van der Waals surface area contributed by atoms with Crippen molar-refractivity contribution in [2.75, 3.05) is 32.7 Å². The lowest BCUT2D eigenvalue weighted by molar-refractivity contribution is 0.114. The first-order chi connectivity index (χ1) is 8.20. The molecule has 2 unspecified atom stereocenters. The molecule has 0 bridgehead atoms. The van der Waals surface area contributed by atoms with E-state index in [1.165, 1.54) is 45.6 Å². The van der Waals surface area contributed by atoms with Gasteiger partial charge in [0, 0.05) is 19.1 Å². The summed E-state index contributed by atoms with van der Waals surface area (Å²) < 4.78 is 0. The Morgan fingerprint density at radius 3 is 2.12 bits per heavy atom. The molecule has 2 atom stereocenters. The molecule has 0 N–H and O–H groups in total. The van der Waals surface area contributed by atoms with Crippen molar-refractivity contribution in [1.82, 2.24) is 9.80 Å². The quantitative estimate of drug-likeness (QED) is 0.742. The third-order valence-electron chi connectivity index (χ3n) is 5.58. The maximum Gasteiger partial charge on any atom is 0.0120 e. The molecule has 3 fully saturated rings. The van der Waals surface area contributed by atoms with Crippen LogP contribution < -0.4 is 0 Å². The Bertz CT molecular complexity index is 256. The fraction of sp³-hybridized carbons (Fsp3) is 1.00. The zero-order valence-electron chi connectivity index (χ0n) is 11.7. The van der Waals surface area contributed by atoms with Gasteiger partial charge >= 0.3 is 0 Å². The van der Waals surface area contributed by atoms with Gasteiger partial charge in [-0.1, -0.05) is 20.8 Å². The van der Waals surface area contributed by atoms with E-state index in [2.05, 4.69) is 30.6 Å². The molecule has 1 aliphatic carbocycles. The molecule has 0 aromatic heterocycles. The number of rotatable bonds is 3. The normalized spacial score (nSPS) is 39.9. The van der Waals surface area contributed by atoms with Crippen molar-refractivity contribution < 1.29 is 0 Å². The van der Waals surface area contributed by atoms with Gasteiger partial charge in [-0.2, -0.15) is 0 Å². The van der Waals surface area contributed by atoms with Gasteiger partial charge in [0.2, 0.25) is 0 Å². The Labute approximate surface area is 106 Å². The minimum absolute atomic E-state index is 0.915. The first-order valence-corrected chi connectivity index (χ1v) is 7.67. The number of hydrogen-bond donors (Lipinski definition) is 0. The van der Waals surface area contributed by atoms with Crippen LogP contribution in [0.5, 0.6) is 0 Å². The Kier molecular flexibility index (Phi) is 3.20. The van der Waals surface area contributed by atoms with Crippen LogP contribution >= 0.6 is 0 Å². The maximum absolute atomic E-state index is 2.82. The Morgan fingerprint density at radius 1 is 1.06 bits per heavy atom. The van der Waals surface area contributed by atoms with Crippen molar-refractivity contribution in [3.05, 3.63) is 0 Å². The molecule has 2 nitrogen and oxygen atoms in total. The average molecular weight is 236 g/mol. The minimum atomic E-state index is 0.915. The molecule has 2 heteroatoms. The van der Waals surface area contributed by atoms with Crippen LogP contribution in [0.1, 0.15) is 33.6 Å². The highest BCUT2D eigenvalue weighted by molar-refractivity contribution is 5.07. The van der Waals surface area contributed by atoms with Gasteiger partial charge in [-0.15, -0.1) is 0 Å². The Balaban J connectivity index is 1.47. The van der Waals surface area contributed by atoms with Crippen LogP contribution in [-0.2, 0) is 0 Å². The summed E-state index contributed by atoms with van der Waals surface area (Å²) in [5, 5.41) is 0. The standard InChI is InChI=1S/C15H28N2/c1-4-16-7-5-12(6-8-16)17-9-13-14(10-17)15(13)11(2)3/h11-15H,4-10H2,1-3H3. The number of likely N-dealkylation sites (tertiary alicyclic amines) is 2. The second kappa shape index (κ2) is 4.55. The summed E-state index contributed by atoms with van der Waals surface area (Å²) in [7, 11) is 0. The van der Waals surface area contributed by atoms with E-state index in [-0.39, 0.29) is 0 Å². The van der Waals surface area contributed by atoms with E-state index >= 15 is 0 Å². The van der Waals surface area contributed by atoms with Crippen LogP contribution in [0.2, 0.25) is 0 Å². The third kappa shape index (κ3) is 2.15. The molecule has 2 aliphatic heterocycles. The second-order valence-corrected chi connectivity index (χ2v) is 6.77.